The molecule has 1 fully saturated rings. The van der Waals surface area contributed by atoms with Crippen LogP contribution in [-0.2, 0) is 22.5 Å². The summed E-state index contributed by atoms with van der Waals surface area (Å²) in [7, 11) is 0. The number of aromatic nitrogens is 2. The number of hydrogen-bond donors (Lipinski definition) is 1. The van der Waals surface area contributed by atoms with Gasteiger partial charge in [0.25, 0.3) is 0 Å². The smallest absolute Gasteiger partial charge is 0.224 e. The van der Waals surface area contributed by atoms with Gasteiger partial charge in [-0.05, 0) is 40.5 Å². The Morgan fingerprint density at radius 2 is 1.85 bits per heavy atom. The fourth-order valence-corrected chi connectivity index (χ4v) is 3.70. The zero-order valence-corrected chi connectivity index (χ0v) is 17.5. The second kappa shape index (κ2) is 9.00. The van der Waals surface area contributed by atoms with E-state index in [1.54, 1.807) is 0 Å². The Morgan fingerprint density at radius 1 is 1.23 bits per heavy atom. The average Bonchev–Trinajstić information content (AvgIpc) is 2.78. The molecule has 1 aromatic rings. The van der Waals surface area contributed by atoms with Gasteiger partial charge in [-0.25, -0.2) is 0 Å². The summed E-state index contributed by atoms with van der Waals surface area (Å²) in [6.45, 7) is 18.2. The summed E-state index contributed by atoms with van der Waals surface area (Å²) in [6.07, 6.45) is 0.890. The molecule has 1 aliphatic rings. The number of aryl methyl sites for hydroxylation is 1. The van der Waals surface area contributed by atoms with Gasteiger partial charge >= 0.3 is 0 Å². The molecule has 1 saturated heterocycles. The number of carbonyl (C=O) groups is 1. The first-order valence-electron chi connectivity index (χ1n) is 9.86. The van der Waals surface area contributed by atoms with E-state index >= 15 is 0 Å². The van der Waals surface area contributed by atoms with Gasteiger partial charge in [-0.2, -0.15) is 5.10 Å². The van der Waals surface area contributed by atoms with E-state index in [9.17, 15) is 4.79 Å². The van der Waals surface area contributed by atoms with Crippen molar-refractivity contribution in [2.45, 2.75) is 79.7 Å². The molecular formula is C20H36N4O2. The van der Waals surface area contributed by atoms with E-state index in [1.807, 2.05) is 11.6 Å². The van der Waals surface area contributed by atoms with Gasteiger partial charge in [-0.1, -0.05) is 13.8 Å². The fraction of sp³-hybridized carbons (Fsp3) is 0.800. The second-order valence-corrected chi connectivity index (χ2v) is 8.27. The van der Waals surface area contributed by atoms with E-state index in [4.69, 9.17) is 4.74 Å². The van der Waals surface area contributed by atoms with Gasteiger partial charge < -0.3 is 10.1 Å². The highest BCUT2D eigenvalue weighted by Gasteiger charge is 2.26. The Hall–Kier alpha value is -1.40. The van der Waals surface area contributed by atoms with Crippen molar-refractivity contribution in [1.82, 2.24) is 20.0 Å². The van der Waals surface area contributed by atoms with Crippen LogP contribution >= 0.6 is 0 Å². The van der Waals surface area contributed by atoms with Crippen molar-refractivity contribution in [3.63, 3.8) is 0 Å². The Kier molecular flexibility index (Phi) is 7.24. The van der Waals surface area contributed by atoms with Crippen LogP contribution in [0.15, 0.2) is 0 Å². The Bertz CT molecular complexity index is 601. The topological polar surface area (TPSA) is 59.4 Å². The fourth-order valence-electron chi connectivity index (χ4n) is 3.70. The number of morpholine rings is 1. The van der Waals surface area contributed by atoms with Crippen LogP contribution in [0.1, 0.15) is 51.6 Å². The number of hydrogen-bond acceptors (Lipinski definition) is 4. The van der Waals surface area contributed by atoms with Crippen LogP contribution in [0.2, 0.25) is 0 Å². The molecule has 2 heterocycles. The van der Waals surface area contributed by atoms with E-state index in [1.165, 1.54) is 0 Å². The lowest BCUT2D eigenvalue weighted by Crippen LogP contribution is -2.52. The molecule has 0 spiro atoms. The lowest BCUT2D eigenvalue weighted by molar-refractivity contribution is -0.121. The molecule has 1 aliphatic heterocycles. The molecule has 6 heteroatoms. The van der Waals surface area contributed by atoms with Crippen molar-refractivity contribution in [3.8, 4) is 0 Å². The minimum absolute atomic E-state index is 0.0708. The van der Waals surface area contributed by atoms with E-state index in [0.29, 0.717) is 24.9 Å². The number of amides is 1. The average molecular weight is 365 g/mol. The van der Waals surface area contributed by atoms with Gasteiger partial charge in [0.1, 0.15) is 0 Å². The molecule has 1 aromatic heterocycles. The summed E-state index contributed by atoms with van der Waals surface area (Å²) < 4.78 is 7.82. The first-order valence-corrected chi connectivity index (χ1v) is 9.86. The summed E-state index contributed by atoms with van der Waals surface area (Å²) in [5.41, 5.74) is 3.13. The van der Waals surface area contributed by atoms with E-state index in [2.05, 4.69) is 56.9 Å². The minimum Gasteiger partial charge on any atom is -0.373 e. The van der Waals surface area contributed by atoms with E-state index < -0.39 is 0 Å². The highest BCUT2D eigenvalue weighted by atomic mass is 16.5. The standard InChI is InChI=1S/C20H36N4O2/c1-13(2)10-24-18(7)19(17(6)22-24)8-20(25)21-9-14(3)23-11-15(4)26-16(5)12-23/h13-16H,8-12H2,1-7H3,(H,21,25). The molecule has 1 amide bonds. The van der Waals surface area contributed by atoms with Crippen molar-refractivity contribution in [2.24, 2.45) is 5.92 Å². The zero-order chi connectivity index (χ0) is 19.4. The maximum Gasteiger partial charge on any atom is 0.224 e. The van der Waals surface area contributed by atoms with Crippen LogP contribution in [0, 0.1) is 19.8 Å². The summed E-state index contributed by atoms with van der Waals surface area (Å²) in [4.78, 5) is 14.9. The van der Waals surface area contributed by atoms with Crippen molar-refractivity contribution < 1.29 is 9.53 Å². The third kappa shape index (κ3) is 5.55. The van der Waals surface area contributed by atoms with E-state index in [0.717, 1.165) is 36.6 Å². The molecule has 6 nitrogen and oxygen atoms in total. The second-order valence-electron chi connectivity index (χ2n) is 8.27. The van der Waals surface area contributed by atoms with Crippen LogP contribution in [0.3, 0.4) is 0 Å². The lowest BCUT2D eigenvalue weighted by atomic mass is 10.1. The summed E-state index contributed by atoms with van der Waals surface area (Å²) in [5.74, 6) is 0.607. The predicted molar refractivity (Wildman–Crippen MR) is 104 cm³/mol. The molecule has 26 heavy (non-hydrogen) atoms. The molecule has 0 bridgehead atoms. The molecule has 3 unspecified atom stereocenters. The lowest BCUT2D eigenvalue weighted by Gasteiger charge is -2.39. The Balaban J connectivity index is 1.88. The summed E-state index contributed by atoms with van der Waals surface area (Å²) >= 11 is 0. The zero-order valence-electron chi connectivity index (χ0n) is 17.5. The van der Waals surface area contributed by atoms with Crippen LogP contribution in [0.25, 0.3) is 0 Å². The van der Waals surface area contributed by atoms with Crippen LogP contribution < -0.4 is 5.32 Å². The molecule has 3 atom stereocenters. The molecule has 0 saturated carbocycles. The molecule has 1 N–H and O–H groups in total. The molecule has 0 radical (unpaired) electrons. The SMILES string of the molecule is Cc1nn(CC(C)C)c(C)c1CC(=O)NCC(C)N1CC(C)OC(C)C1. The van der Waals surface area contributed by atoms with Crippen LogP contribution in [-0.4, -0.2) is 58.5 Å². The molecular weight excluding hydrogens is 328 g/mol. The quantitative estimate of drug-likeness (QED) is 0.807. The minimum atomic E-state index is 0.0708. The van der Waals surface area contributed by atoms with Crippen molar-refractivity contribution in [3.05, 3.63) is 17.0 Å². The monoisotopic (exact) mass is 364 g/mol. The summed E-state index contributed by atoms with van der Waals surface area (Å²) in [5, 5.41) is 7.71. The van der Waals surface area contributed by atoms with Crippen molar-refractivity contribution >= 4 is 5.91 Å². The van der Waals surface area contributed by atoms with Gasteiger partial charge in [0.2, 0.25) is 5.91 Å². The number of rotatable bonds is 7. The number of ether oxygens (including phenoxy) is 1. The highest BCUT2D eigenvalue weighted by molar-refractivity contribution is 5.79. The normalized spacial score (nSPS) is 22.6. The van der Waals surface area contributed by atoms with Crippen molar-refractivity contribution in [2.75, 3.05) is 19.6 Å². The molecule has 0 aromatic carbocycles. The van der Waals surface area contributed by atoms with Gasteiger partial charge in [-0.3, -0.25) is 14.4 Å². The molecule has 2 rings (SSSR count). The van der Waals surface area contributed by atoms with Crippen LogP contribution in [0.5, 0.6) is 0 Å². The maximum atomic E-state index is 12.5. The van der Waals surface area contributed by atoms with Gasteiger partial charge in [0, 0.05) is 43.5 Å². The predicted octanol–water partition coefficient (Wildman–Crippen LogP) is 2.31. The third-order valence-electron chi connectivity index (χ3n) is 5.07. The highest BCUT2D eigenvalue weighted by Crippen LogP contribution is 2.16. The Labute approximate surface area is 158 Å². The molecule has 148 valence electrons. The van der Waals surface area contributed by atoms with Gasteiger partial charge in [0.05, 0.1) is 24.3 Å². The number of nitrogens with zero attached hydrogens (tertiary/aromatic N) is 3. The Morgan fingerprint density at radius 3 is 2.42 bits per heavy atom. The van der Waals surface area contributed by atoms with Gasteiger partial charge in [-0.15, -0.1) is 0 Å². The van der Waals surface area contributed by atoms with Crippen LogP contribution in [0.4, 0.5) is 0 Å². The number of carbonyl (C=O) groups excluding carboxylic acids is 1. The van der Waals surface area contributed by atoms with Gasteiger partial charge in [0.15, 0.2) is 0 Å². The maximum absolute atomic E-state index is 12.5. The van der Waals surface area contributed by atoms with E-state index in [-0.39, 0.29) is 18.1 Å². The summed E-state index contributed by atoms with van der Waals surface area (Å²) in [6, 6.07) is 0.304. The number of nitrogens with one attached hydrogen (secondary N) is 1. The third-order valence-corrected chi connectivity index (χ3v) is 5.07. The van der Waals surface area contributed by atoms with Crippen molar-refractivity contribution in [1.29, 1.82) is 0 Å². The first kappa shape index (κ1) is 20.9. The first-order chi connectivity index (χ1) is 12.2. The molecule has 0 aliphatic carbocycles. The largest absolute Gasteiger partial charge is 0.373 e.